The molecule has 0 spiro atoms. The first-order valence-corrected chi connectivity index (χ1v) is 11.1. The summed E-state index contributed by atoms with van der Waals surface area (Å²) in [6.45, 7) is 0.558. The standard InChI is InChI=1S/C17H14Cl2NOPS/c1-2-15-20(13-10-6-7-11-14(13)23-15)17(22(18)19)16(21)12-8-4-3-5-9-12/h3-11H,2H2,1H3/p+1/b17-16+. The molecule has 3 aromatic rings. The fraction of sp³-hybridized carbons (Fsp3) is 0.118. The predicted molar refractivity (Wildman–Crippen MR) is 102 cm³/mol. The molecule has 3 rings (SSSR count). The molecule has 1 N–H and O–H groups in total. The van der Waals surface area contributed by atoms with Gasteiger partial charge in [-0.3, -0.25) is 0 Å². The molecule has 0 radical (unpaired) electrons. The lowest BCUT2D eigenvalue weighted by atomic mass is 10.2. The van der Waals surface area contributed by atoms with Crippen LogP contribution in [0.3, 0.4) is 0 Å². The number of thiazole rings is 1. The molecule has 0 saturated carbocycles. The van der Waals surface area contributed by atoms with E-state index in [0.717, 1.165) is 21.6 Å². The van der Waals surface area contributed by atoms with Gasteiger partial charge in [0.1, 0.15) is 4.70 Å². The molecule has 0 fully saturated rings. The normalized spacial score (nSPS) is 12.7. The SMILES string of the molecule is CCc1sc2ccccc2[n+]1/C(=C(\O)c1ccccc1)P(Cl)Cl. The fourth-order valence-corrected chi connectivity index (χ4v) is 5.24. The van der Waals surface area contributed by atoms with E-state index < -0.39 is 6.63 Å². The second-order valence-electron chi connectivity index (χ2n) is 4.92. The third kappa shape index (κ3) is 3.25. The number of aromatic nitrogens is 1. The molecule has 0 bridgehead atoms. The first kappa shape index (κ1) is 16.7. The Morgan fingerprint density at radius 3 is 2.39 bits per heavy atom. The maximum Gasteiger partial charge on any atom is 0.282 e. The molecule has 0 aliphatic heterocycles. The molecule has 0 aliphatic carbocycles. The predicted octanol–water partition coefficient (Wildman–Crippen LogP) is 6.38. The maximum atomic E-state index is 10.8. The van der Waals surface area contributed by atoms with Crippen molar-refractivity contribution in [2.45, 2.75) is 13.3 Å². The van der Waals surface area contributed by atoms with Gasteiger partial charge in [0, 0.05) is 18.1 Å². The van der Waals surface area contributed by atoms with Crippen molar-refractivity contribution in [1.29, 1.82) is 0 Å². The van der Waals surface area contributed by atoms with Gasteiger partial charge in [0.2, 0.25) is 10.5 Å². The molecular weight excluding hydrogens is 368 g/mol. The van der Waals surface area contributed by atoms with Crippen LogP contribution in [-0.4, -0.2) is 5.11 Å². The maximum absolute atomic E-state index is 10.8. The zero-order valence-electron chi connectivity index (χ0n) is 12.4. The summed E-state index contributed by atoms with van der Waals surface area (Å²) in [5.41, 5.74) is 2.28. The number of rotatable bonds is 4. The third-order valence-corrected chi connectivity index (χ3v) is 6.48. The average Bonchev–Trinajstić information content (AvgIpc) is 2.94. The number of para-hydroxylation sites is 1. The molecule has 1 heterocycles. The number of benzene rings is 2. The van der Waals surface area contributed by atoms with E-state index in [1.165, 1.54) is 0 Å². The zero-order valence-corrected chi connectivity index (χ0v) is 15.6. The highest BCUT2D eigenvalue weighted by atomic mass is 35.9. The lowest BCUT2D eigenvalue weighted by Crippen LogP contribution is -2.34. The highest BCUT2D eigenvalue weighted by Gasteiger charge is 2.32. The van der Waals surface area contributed by atoms with Crippen molar-refractivity contribution in [3.63, 3.8) is 0 Å². The Balaban J connectivity index is 2.32. The van der Waals surface area contributed by atoms with Crippen molar-refractivity contribution in [3.8, 4) is 0 Å². The summed E-state index contributed by atoms with van der Waals surface area (Å²) in [6, 6.07) is 17.4. The van der Waals surface area contributed by atoms with Gasteiger partial charge in [-0.1, -0.05) is 83.2 Å². The van der Waals surface area contributed by atoms with Gasteiger partial charge in [-0.05, 0) is 6.07 Å². The lowest BCUT2D eigenvalue weighted by Gasteiger charge is -2.07. The Kier molecular flexibility index (Phi) is 5.23. The van der Waals surface area contributed by atoms with Crippen LogP contribution in [0.1, 0.15) is 17.5 Å². The van der Waals surface area contributed by atoms with E-state index in [9.17, 15) is 5.11 Å². The Labute approximate surface area is 149 Å². The molecule has 118 valence electrons. The number of nitrogens with zero attached hydrogens (tertiary/aromatic N) is 1. The first-order valence-electron chi connectivity index (χ1n) is 7.16. The Bertz CT molecular complexity index is 861. The second-order valence-corrected chi connectivity index (χ2v) is 9.48. The van der Waals surface area contributed by atoms with Crippen LogP contribution in [0.2, 0.25) is 0 Å². The highest BCUT2D eigenvalue weighted by molar-refractivity contribution is 8.10. The zero-order chi connectivity index (χ0) is 16.4. The highest BCUT2D eigenvalue weighted by Crippen LogP contribution is 2.57. The summed E-state index contributed by atoms with van der Waals surface area (Å²) in [5, 5.41) is 11.9. The fourth-order valence-electron chi connectivity index (χ4n) is 2.48. The molecule has 0 atom stereocenters. The van der Waals surface area contributed by atoms with Gasteiger partial charge in [-0.15, -0.1) is 4.57 Å². The van der Waals surface area contributed by atoms with Gasteiger partial charge in [-0.25, -0.2) is 0 Å². The number of hydrogen-bond donors (Lipinski definition) is 1. The molecule has 0 saturated heterocycles. The van der Waals surface area contributed by atoms with Crippen LogP contribution in [0.5, 0.6) is 0 Å². The topological polar surface area (TPSA) is 24.1 Å². The smallest absolute Gasteiger partial charge is 0.282 e. The summed E-state index contributed by atoms with van der Waals surface area (Å²) < 4.78 is 3.15. The van der Waals surface area contributed by atoms with Crippen molar-refractivity contribution in [2.24, 2.45) is 0 Å². The van der Waals surface area contributed by atoms with Crippen LogP contribution in [0.25, 0.3) is 21.4 Å². The Morgan fingerprint density at radius 1 is 1.09 bits per heavy atom. The van der Waals surface area contributed by atoms with Gasteiger partial charge < -0.3 is 5.11 Å². The molecular formula is C17H15Cl2NOPS+. The van der Waals surface area contributed by atoms with Crippen LogP contribution < -0.4 is 4.57 Å². The molecule has 6 heteroatoms. The first-order chi connectivity index (χ1) is 11.1. The van der Waals surface area contributed by atoms with Gasteiger partial charge >= 0.3 is 0 Å². The van der Waals surface area contributed by atoms with E-state index in [4.69, 9.17) is 22.5 Å². The number of halogens is 2. The van der Waals surface area contributed by atoms with Gasteiger partial charge in [0.15, 0.2) is 12.4 Å². The number of aliphatic hydroxyl groups excluding tert-OH is 1. The van der Waals surface area contributed by atoms with Crippen LogP contribution in [-0.2, 0) is 6.42 Å². The van der Waals surface area contributed by atoms with Crippen LogP contribution in [0.4, 0.5) is 0 Å². The van der Waals surface area contributed by atoms with Crippen molar-refractivity contribution in [1.82, 2.24) is 0 Å². The molecule has 0 unspecified atom stereocenters. The second kappa shape index (κ2) is 7.19. The van der Waals surface area contributed by atoms with E-state index >= 15 is 0 Å². The lowest BCUT2D eigenvalue weighted by molar-refractivity contribution is -0.548. The third-order valence-electron chi connectivity index (χ3n) is 3.52. The Morgan fingerprint density at radius 2 is 1.74 bits per heavy atom. The van der Waals surface area contributed by atoms with E-state index in [0.29, 0.717) is 11.0 Å². The summed E-state index contributed by atoms with van der Waals surface area (Å²) in [4.78, 5) is 0. The summed E-state index contributed by atoms with van der Waals surface area (Å²) in [7, 11) is 0. The van der Waals surface area contributed by atoms with Crippen molar-refractivity contribution in [3.05, 3.63) is 65.2 Å². The number of fused-ring (bicyclic) bond motifs is 1. The van der Waals surface area contributed by atoms with Crippen LogP contribution in [0, 0.1) is 0 Å². The molecule has 0 aliphatic rings. The minimum absolute atomic E-state index is 0.130. The Hall–Kier alpha value is -1.12. The van der Waals surface area contributed by atoms with Crippen LogP contribution in [0.15, 0.2) is 54.6 Å². The van der Waals surface area contributed by atoms with E-state index in [1.807, 2.05) is 53.1 Å². The number of aryl methyl sites for hydroxylation is 1. The summed E-state index contributed by atoms with van der Waals surface area (Å²) >= 11 is 14.3. The van der Waals surface area contributed by atoms with Crippen LogP contribution >= 0.6 is 40.4 Å². The van der Waals surface area contributed by atoms with E-state index in [1.54, 1.807) is 11.3 Å². The monoisotopic (exact) mass is 382 g/mol. The average molecular weight is 383 g/mol. The molecule has 2 aromatic carbocycles. The van der Waals surface area contributed by atoms with Gasteiger partial charge in [-0.2, -0.15) is 0 Å². The van der Waals surface area contributed by atoms with Crippen molar-refractivity contribution < 1.29 is 9.67 Å². The quantitative estimate of drug-likeness (QED) is 0.315. The van der Waals surface area contributed by atoms with E-state index in [-0.39, 0.29) is 5.76 Å². The van der Waals surface area contributed by atoms with Gasteiger partial charge in [0.05, 0.1) is 0 Å². The largest absolute Gasteiger partial charge is 0.502 e. The van der Waals surface area contributed by atoms with Crippen molar-refractivity contribution >= 4 is 61.9 Å². The summed E-state index contributed by atoms with van der Waals surface area (Å²) in [6.07, 6.45) is 0.835. The van der Waals surface area contributed by atoms with Crippen molar-refractivity contribution in [2.75, 3.05) is 0 Å². The molecule has 23 heavy (non-hydrogen) atoms. The van der Waals surface area contributed by atoms with E-state index in [2.05, 4.69) is 13.0 Å². The number of hydrogen-bond acceptors (Lipinski definition) is 2. The minimum atomic E-state index is -1.53. The summed E-state index contributed by atoms with van der Waals surface area (Å²) in [5.74, 6) is 0.130. The molecule has 0 amide bonds. The molecule has 2 nitrogen and oxygen atoms in total. The van der Waals surface area contributed by atoms with Gasteiger partial charge in [0.25, 0.3) is 5.44 Å². The molecule has 1 aromatic heterocycles. The minimum Gasteiger partial charge on any atom is -0.502 e. The number of aliphatic hydroxyl groups is 1.